The number of nitrogens with zero attached hydrogens (tertiary/aromatic N) is 3. The van der Waals surface area contributed by atoms with Gasteiger partial charge in [0.15, 0.2) is 0 Å². The fraction of sp³-hybridized carbons (Fsp3) is 0.381. The molecule has 4 rings (SSSR count). The van der Waals surface area contributed by atoms with Gasteiger partial charge in [-0.15, -0.1) is 0 Å². The monoisotopic (exact) mass is 403 g/mol. The highest BCUT2D eigenvalue weighted by Crippen LogP contribution is 2.36. The highest BCUT2D eigenvalue weighted by Gasteiger charge is 2.28. The second kappa shape index (κ2) is 7.10. The molecule has 0 radical (unpaired) electrons. The Kier molecular flexibility index (Phi) is 4.93. The smallest absolute Gasteiger partial charge is 0.105 e. The van der Waals surface area contributed by atoms with Gasteiger partial charge in [0.25, 0.3) is 0 Å². The van der Waals surface area contributed by atoms with Crippen LogP contribution in [0.2, 0.25) is 10.0 Å². The molecule has 6 heteroatoms. The third-order valence-corrected chi connectivity index (χ3v) is 6.29. The van der Waals surface area contributed by atoms with Crippen LogP contribution in [-0.2, 0) is 25.0 Å². The highest BCUT2D eigenvalue weighted by molar-refractivity contribution is 6.42. The van der Waals surface area contributed by atoms with E-state index < -0.39 is 5.60 Å². The molecule has 1 aromatic carbocycles. The van der Waals surface area contributed by atoms with E-state index in [2.05, 4.69) is 21.5 Å². The van der Waals surface area contributed by atoms with Gasteiger partial charge in [0.2, 0.25) is 0 Å². The van der Waals surface area contributed by atoms with E-state index in [1.165, 1.54) is 11.3 Å². The molecule has 1 aliphatic rings. The van der Waals surface area contributed by atoms with Gasteiger partial charge >= 0.3 is 0 Å². The number of fused-ring (bicyclic) bond motifs is 3. The Morgan fingerprint density at radius 1 is 1.11 bits per heavy atom. The number of pyridine rings is 1. The highest BCUT2D eigenvalue weighted by atomic mass is 35.5. The average molecular weight is 404 g/mol. The molecule has 0 aliphatic carbocycles. The SMILES string of the molecule is CN1CCc2c(n(CC(C)(O)c3ccncc3)c3cc(Cl)c(Cl)cc23)CC1. The van der Waals surface area contributed by atoms with E-state index in [9.17, 15) is 5.11 Å². The number of benzene rings is 1. The maximum Gasteiger partial charge on any atom is 0.105 e. The standard InChI is InChI=1S/C21H23Cl2N3O/c1-21(27,14-3-7-24-8-4-14)13-26-19-6-10-25(2)9-5-15(19)16-11-17(22)18(23)12-20(16)26/h3-4,7-8,11-12,27H,5-6,9-10,13H2,1-2H3. The van der Waals surface area contributed by atoms with Crippen LogP contribution in [-0.4, -0.2) is 39.7 Å². The summed E-state index contributed by atoms with van der Waals surface area (Å²) >= 11 is 12.7. The molecule has 0 spiro atoms. The van der Waals surface area contributed by atoms with Crippen LogP contribution in [0.5, 0.6) is 0 Å². The van der Waals surface area contributed by atoms with E-state index in [1.54, 1.807) is 12.4 Å². The molecule has 1 unspecified atom stereocenters. The van der Waals surface area contributed by atoms with Gasteiger partial charge in [-0.2, -0.15) is 0 Å². The summed E-state index contributed by atoms with van der Waals surface area (Å²) in [5.74, 6) is 0. The van der Waals surface area contributed by atoms with E-state index in [-0.39, 0.29) is 0 Å². The first-order valence-corrected chi connectivity index (χ1v) is 9.93. The minimum absolute atomic E-state index is 0.449. The summed E-state index contributed by atoms with van der Waals surface area (Å²) in [6.07, 6.45) is 5.32. The molecule has 1 atom stereocenters. The van der Waals surface area contributed by atoms with Gasteiger partial charge < -0.3 is 14.6 Å². The van der Waals surface area contributed by atoms with Gasteiger partial charge in [0, 0.05) is 43.0 Å². The Morgan fingerprint density at radius 3 is 2.52 bits per heavy atom. The quantitative estimate of drug-likeness (QED) is 0.709. The first-order valence-electron chi connectivity index (χ1n) is 9.17. The van der Waals surface area contributed by atoms with Crippen LogP contribution < -0.4 is 0 Å². The van der Waals surface area contributed by atoms with Crippen LogP contribution in [0.15, 0.2) is 36.7 Å². The van der Waals surface area contributed by atoms with Crippen LogP contribution in [0, 0.1) is 0 Å². The minimum Gasteiger partial charge on any atom is -0.384 e. The molecule has 3 aromatic rings. The Morgan fingerprint density at radius 2 is 1.78 bits per heavy atom. The fourth-order valence-corrected chi connectivity index (χ4v) is 4.35. The number of aliphatic hydroxyl groups is 1. The van der Waals surface area contributed by atoms with Gasteiger partial charge in [0.1, 0.15) is 5.60 Å². The van der Waals surface area contributed by atoms with Crippen molar-refractivity contribution in [3.05, 3.63) is 63.5 Å². The second-order valence-corrected chi connectivity index (χ2v) is 8.42. The van der Waals surface area contributed by atoms with Gasteiger partial charge in [0.05, 0.1) is 22.1 Å². The van der Waals surface area contributed by atoms with Crippen LogP contribution in [0.4, 0.5) is 0 Å². The van der Waals surface area contributed by atoms with Gasteiger partial charge in [-0.1, -0.05) is 23.2 Å². The zero-order valence-corrected chi connectivity index (χ0v) is 17.1. The number of likely N-dealkylation sites (N-methyl/N-ethyl adjacent to an activating group) is 1. The third-order valence-electron chi connectivity index (χ3n) is 5.57. The molecule has 0 bridgehead atoms. The summed E-state index contributed by atoms with van der Waals surface area (Å²) in [7, 11) is 2.15. The van der Waals surface area contributed by atoms with Crippen LogP contribution in [0.1, 0.15) is 23.7 Å². The molecule has 4 nitrogen and oxygen atoms in total. The van der Waals surface area contributed by atoms with Crippen molar-refractivity contribution in [3.63, 3.8) is 0 Å². The van der Waals surface area contributed by atoms with Crippen molar-refractivity contribution >= 4 is 34.1 Å². The summed E-state index contributed by atoms with van der Waals surface area (Å²) in [4.78, 5) is 6.40. The lowest BCUT2D eigenvalue weighted by Crippen LogP contribution is -2.29. The average Bonchev–Trinajstić information content (AvgIpc) is 2.78. The van der Waals surface area contributed by atoms with Gasteiger partial charge in [-0.3, -0.25) is 4.98 Å². The van der Waals surface area contributed by atoms with Crippen molar-refractivity contribution in [3.8, 4) is 0 Å². The normalized spacial score (nSPS) is 17.5. The van der Waals surface area contributed by atoms with Crippen molar-refractivity contribution in [2.24, 2.45) is 0 Å². The van der Waals surface area contributed by atoms with Crippen molar-refractivity contribution in [2.75, 3.05) is 20.1 Å². The lowest BCUT2D eigenvalue weighted by atomic mass is 9.97. The molecule has 2 aromatic heterocycles. The Labute approximate surface area is 169 Å². The first-order chi connectivity index (χ1) is 12.9. The Bertz CT molecular complexity index is 982. The molecule has 3 heterocycles. The van der Waals surface area contributed by atoms with Crippen LogP contribution in [0.3, 0.4) is 0 Å². The predicted molar refractivity (Wildman–Crippen MR) is 111 cm³/mol. The van der Waals surface area contributed by atoms with E-state index in [0.717, 1.165) is 42.4 Å². The summed E-state index contributed by atoms with van der Waals surface area (Å²) in [5, 5.41) is 13.5. The molecular formula is C21H23Cl2N3O. The fourth-order valence-electron chi connectivity index (χ4n) is 4.03. The predicted octanol–water partition coefficient (Wildman–Crippen LogP) is 4.28. The third kappa shape index (κ3) is 3.47. The van der Waals surface area contributed by atoms with Crippen molar-refractivity contribution < 1.29 is 5.11 Å². The molecule has 0 amide bonds. The van der Waals surface area contributed by atoms with E-state index in [0.29, 0.717) is 16.6 Å². The summed E-state index contributed by atoms with van der Waals surface area (Å²) in [6, 6.07) is 7.63. The van der Waals surface area contributed by atoms with E-state index in [1.807, 2.05) is 31.2 Å². The zero-order valence-electron chi connectivity index (χ0n) is 15.5. The molecule has 1 N–H and O–H groups in total. The number of aromatic nitrogens is 2. The largest absolute Gasteiger partial charge is 0.384 e. The first kappa shape index (κ1) is 18.8. The summed E-state index contributed by atoms with van der Waals surface area (Å²) < 4.78 is 2.23. The second-order valence-electron chi connectivity index (χ2n) is 7.61. The van der Waals surface area contributed by atoms with Gasteiger partial charge in [-0.25, -0.2) is 0 Å². The molecule has 142 valence electrons. The minimum atomic E-state index is -1.02. The molecular weight excluding hydrogens is 381 g/mol. The molecule has 27 heavy (non-hydrogen) atoms. The number of hydrogen-bond acceptors (Lipinski definition) is 3. The zero-order chi connectivity index (χ0) is 19.2. The Balaban J connectivity index is 1.88. The Hall–Kier alpha value is -1.59. The maximum absolute atomic E-state index is 11.2. The molecule has 1 aliphatic heterocycles. The van der Waals surface area contributed by atoms with Crippen LogP contribution >= 0.6 is 23.2 Å². The van der Waals surface area contributed by atoms with Crippen LogP contribution in [0.25, 0.3) is 10.9 Å². The lowest BCUT2D eigenvalue weighted by Gasteiger charge is -2.26. The molecule has 0 saturated carbocycles. The van der Waals surface area contributed by atoms with Crippen molar-refractivity contribution in [1.29, 1.82) is 0 Å². The van der Waals surface area contributed by atoms with Crippen molar-refractivity contribution in [2.45, 2.75) is 31.9 Å². The molecule has 0 saturated heterocycles. The maximum atomic E-state index is 11.2. The van der Waals surface area contributed by atoms with E-state index >= 15 is 0 Å². The molecule has 0 fully saturated rings. The van der Waals surface area contributed by atoms with Gasteiger partial charge in [-0.05, 0) is 55.8 Å². The van der Waals surface area contributed by atoms with E-state index in [4.69, 9.17) is 23.2 Å². The summed E-state index contributed by atoms with van der Waals surface area (Å²) in [6.45, 7) is 4.29. The number of hydrogen-bond donors (Lipinski definition) is 1. The number of halogens is 2. The topological polar surface area (TPSA) is 41.3 Å². The summed E-state index contributed by atoms with van der Waals surface area (Å²) in [5.41, 5.74) is 3.44. The van der Waals surface area contributed by atoms with Crippen molar-refractivity contribution in [1.82, 2.24) is 14.5 Å². The lowest BCUT2D eigenvalue weighted by molar-refractivity contribution is 0.0387. The number of rotatable bonds is 3.